The van der Waals surface area contributed by atoms with Crippen LogP contribution in [0.4, 0.5) is 0 Å². The highest BCUT2D eigenvalue weighted by Crippen LogP contribution is 2.27. The molecule has 0 atom stereocenters. The van der Waals surface area contributed by atoms with Gasteiger partial charge >= 0.3 is 0 Å². The van der Waals surface area contributed by atoms with Gasteiger partial charge in [-0.3, -0.25) is 0 Å². The van der Waals surface area contributed by atoms with Gasteiger partial charge < -0.3 is 9.80 Å². The smallest absolute Gasteiger partial charge is 0.0927 e. The van der Waals surface area contributed by atoms with E-state index in [1.165, 1.54) is 44.9 Å². The van der Waals surface area contributed by atoms with Crippen molar-refractivity contribution in [3.63, 3.8) is 0 Å². The van der Waals surface area contributed by atoms with Gasteiger partial charge in [0.2, 0.25) is 0 Å². The third kappa shape index (κ3) is 6.37. The van der Waals surface area contributed by atoms with Crippen molar-refractivity contribution < 1.29 is 0 Å². The normalized spacial score (nSPS) is 21.0. The quantitative estimate of drug-likeness (QED) is 0.702. The molecule has 0 aromatic rings. The van der Waals surface area contributed by atoms with E-state index >= 15 is 0 Å². The lowest BCUT2D eigenvalue weighted by molar-refractivity contribution is 0.210. The van der Waals surface area contributed by atoms with Crippen LogP contribution in [0, 0.1) is 34.5 Å². The summed E-state index contributed by atoms with van der Waals surface area (Å²) in [6, 6.07) is 4.13. The van der Waals surface area contributed by atoms with Crippen LogP contribution in [0.2, 0.25) is 0 Å². The van der Waals surface area contributed by atoms with Gasteiger partial charge in [0.15, 0.2) is 0 Å². The van der Waals surface area contributed by atoms with Gasteiger partial charge in [-0.2, -0.15) is 10.5 Å². The van der Waals surface area contributed by atoms with E-state index in [-0.39, 0.29) is 0 Å². The summed E-state index contributed by atoms with van der Waals surface area (Å²) < 4.78 is 0. The zero-order valence-electron chi connectivity index (χ0n) is 14.0. The summed E-state index contributed by atoms with van der Waals surface area (Å²) in [6.45, 7) is 4.41. The van der Waals surface area contributed by atoms with Crippen LogP contribution in [-0.4, -0.2) is 36.0 Å². The maximum absolute atomic E-state index is 8.56. The minimum atomic E-state index is 0.875. The summed E-state index contributed by atoms with van der Waals surface area (Å²) in [5, 5.41) is 17.1. The molecule has 0 spiro atoms. The topological polar surface area (TPSA) is 54.1 Å². The van der Waals surface area contributed by atoms with Crippen LogP contribution in [0.15, 0.2) is 24.6 Å². The molecule has 0 N–H and O–H groups in total. The summed E-state index contributed by atoms with van der Waals surface area (Å²) in [7, 11) is 0. The summed E-state index contributed by atoms with van der Waals surface area (Å²) in [4.78, 5) is 4.54. The SMILES string of the molecule is N#CC=CN1CCC(CCCC2CCN(C=CC#N)CC2)CC1. The Hall–Kier alpha value is -1.94. The van der Waals surface area contributed by atoms with Crippen LogP contribution < -0.4 is 0 Å². The van der Waals surface area contributed by atoms with Crippen molar-refractivity contribution in [2.75, 3.05) is 26.2 Å². The van der Waals surface area contributed by atoms with Crippen molar-refractivity contribution in [2.45, 2.75) is 44.9 Å². The molecule has 0 unspecified atom stereocenters. The Labute approximate surface area is 140 Å². The van der Waals surface area contributed by atoms with E-state index in [1.54, 1.807) is 12.2 Å². The number of likely N-dealkylation sites (tertiary alicyclic amines) is 2. The largest absolute Gasteiger partial charge is 0.377 e. The Bertz CT molecular complexity index is 423. The first kappa shape index (κ1) is 17.4. The Morgan fingerprint density at radius 1 is 0.739 bits per heavy atom. The van der Waals surface area contributed by atoms with Gasteiger partial charge in [-0.25, -0.2) is 0 Å². The molecule has 124 valence electrons. The lowest BCUT2D eigenvalue weighted by Crippen LogP contribution is -2.30. The number of hydrogen-bond acceptors (Lipinski definition) is 4. The van der Waals surface area contributed by atoms with Crippen LogP contribution in [0.5, 0.6) is 0 Å². The maximum atomic E-state index is 8.56. The first-order chi connectivity index (χ1) is 11.3. The summed E-state index contributed by atoms with van der Waals surface area (Å²) in [5.74, 6) is 1.75. The van der Waals surface area contributed by atoms with Crippen LogP contribution >= 0.6 is 0 Å². The molecule has 23 heavy (non-hydrogen) atoms. The van der Waals surface area contributed by atoms with Crippen LogP contribution in [-0.2, 0) is 0 Å². The second-order valence-corrected chi connectivity index (χ2v) is 6.78. The van der Waals surface area contributed by atoms with Crippen molar-refractivity contribution in [2.24, 2.45) is 11.8 Å². The Kier molecular flexibility index (Phi) is 7.54. The number of allylic oxidation sites excluding steroid dienone is 2. The van der Waals surface area contributed by atoms with Gasteiger partial charge in [0.25, 0.3) is 0 Å². The predicted octanol–water partition coefficient (Wildman–Crippen LogP) is 3.66. The Morgan fingerprint density at radius 3 is 1.48 bits per heavy atom. The molecule has 2 aliphatic heterocycles. The van der Waals surface area contributed by atoms with Gasteiger partial charge in [0.1, 0.15) is 0 Å². The van der Waals surface area contributed by atoms with E-state index < -0.39 is 0 Å². The summed E-state index contributed by atoms with van der Waals surface area (Å²) in [6.07, 6.45) is 16.2. The molecule has 2 saturated heterocycles. The fraction of sp³-hybridized carbons (Fsp3) is 0.684. The molecule has 2 fully saturated rings. The average Bonchev–Trinajstić information content (AvgIpc) is 2.60. The second-order valence-electron chi connectivity index (χ2n) is 6.78. The van der Waals surface area contributed by atoms with E-state index in [2.05, 4.69) is 21.9 Å². The number of nitriles is 2. The highest BCUT2D eigenvalue weighted by atomic mass is 15.1. The minimum absolute atomic E-state index is 0.875. The Morgan fingerprint density at radius 2 is 1.13 bits per heavy atom. The monoisotopic (exact) mass is 312 g/mol. The first-order valence-corrected chi connectivity index (χ1v) is 8.92. The lowest BCUT2D eigenvalue weighted by Gasteiger charge is -2.32. The van der Waals surface area contributed by atoms with Crippen molar-refractivity contribution in [1.29, 1.82) is 10.5 Å². The predicted molar refractivity (Wildman–Crippen MR) is 92.0 cm³/mol. The molecule has 2 rings (SSSR count). The molecule has 0 aliphatic carbocycles. The molecule has 0 radical (unpaired) electrons. The standard InChI is InChI=1S/C19H28N4/c20-10-2-12-22-14-6-18(7-15-22)4-1-5-19-8-16-23(17-9-19)13-3-11-21/h2-3,12-13,18-19H,1,4-9,14-17H2. The van der Waals surface area contributed by atoms with E-state index in [0.717, 1.165) is 38.0 Å². The molecule has 0 aromatic carbocycles. The first-order valence-electron chi connectivity index (χ1n) is 8.92. The van der Waals surface area contributed by atoms with Gasteiger partial charge in [0, 0.05) is 50.7 Å². The number of rotatable bonds is 6. The third-order valence-corrected chi connectivity index (χ3v) is 5.24. The van der Waals surface area contributed by atoms with Crippen molar-refractivity contribution in [3.05, 3.63) is 24.6 Å². The van der Waals surface area contributed by atoms with Crippen molar-refractivity contribution in [1.82, 2.24) is 9.80 Å². The van der Waals surface area contributed by atoms with E-state index in [4.69, 9.17) is 10.5 Å². The average molecular weight is 312 g/mol. The van der Waals surface area contributed by atoms with Crippen LogP contribution in [0.3, 0.4) is 0 Å². The van der Waals surface area contributed by atoms with Crippen LogP contribution in [0.25, 0.3) is 0 Å². The number of hydrogen-bond donors (Lipinski definition) is 0. The highest BCUT2D eigenvalue weighted by molar-refractivity contribution is 5.02. The van der Waals surface area contributed by atoms with Gasteiger partial charge in [0.05, 0.1) is 12.1 Å². The zero-order chi connectivity index (χ0) is 16.3. The molecule has 0 amide bonds. The fourth-order valence-corrected chi connectivity index (χ4v) is 3.75. The Balaban J connectivity index is 1.55. The maximum Gasteiger partial charge on any atom is 0.0927 e. The van der Waals surface area contributed by atoms with Gasteiger partial charge in [-0.1, -0.05) is 19.3 Å². The van der Waals surface area contributed by atoms with E-state index in [9.17, 15) is 0 Å². The fourth-order valence-electron chi connectivity index (χ4n) is 3.75. The summed E-state index contributed by atoms with van der Waals surface area (Å²) >= 11 is 0. The van der Waals surface area contributed by atoms with Crippen LogP contribution in [0.1, 0.15) is 44.9 Å². The molecule has 2 aliphatic rings. The van der Waals surface area contributed by atoms with Crippen molar-refractivity contribution in [3.8, 4) is 12.1 Å². The minimum Gasteiger partial charge on any atom is -0.377 e. The van der Waals surface area contributed by atoms with E-state index in [0.29, 0.717) is 0 Å². The molecular formula is C19H28N4. The lowest BCUT2D eigenvalue weighted by atomic mass is 9.87. The third-order valence-electron chi connectivity index (χ3n) is 5.24. The van der Waals surface area contributed by atoms with Gasteiger partial charge in [-0.15, -0.1) is 0 Å². The van der Waals surface area contributed by atoms with Gasteiger partial charge in [-0.05, 0) is 37.5 Å². The number of piperidine rings is 2. The van der Waals surface area contributed by atoms with Crippen molar-refractivity contribution >= 4 is 0 Å². The molecular weight excluding hydrogens is 284 g/mol. The zero-order valence-corrected chi connectivity index (χ0v) is 14.0. The molecule has 0 bridgehead atoms. The molecule has 0 saturated carbocycles. The molecule has 2 heterocycles. The molecule has 4 nitrogen and oxygen atoms in total. The van der Waals surface area contributed by atoms with E-state index in [1.807, 2.05) is 12.4 Å². The summed E-state index contributed by atoms with van der Waals surface area (Å²) in [5.41, 5.74) is 0. The highest BCUT2D eigenvalue weighted by Gasteiger charge is 2.19. The second kappa shape index (κ2) is 9.95. The number of nitrogens with zero attached hydrogens (tertiary/aromatic N) is 4. The molecule has 0 aromatic heterocycles. The molecule has 4 heteroatoms.